The Morgan fingerprint density at radius 1 is 1.29 bits per heavy atom. The lowest BCUT2D eigenvalue weighted by Crippen LogP contribution is -2.18. The fraction of sp³-hybridized carbons (Fsp3) is 0.312. The topological polar surface area (TPSA) is 24.4 Å². The monoisotopic (exact) mass is 334 g/mol. The minimum absolute atomic E-state index is 0.249. The van der Waals surface area contributed by atoms with Crippen molar-refractivity contribution in [3.8, 4) is 0 Å². The largest absolute Gasteiger partial charge is 0.278 e. The van der Waals surface area contributed by atoms with Crippen LogP contribution in [0.1, 0.15) is 18.9 Å². The molecular formula is C16H18N2S3. The van der Waals surface area contributed by atoms with Gasteiger partial charge in [-0.1, -0.05) is 18.2 Å². The molecular weight excluding hydrogens is 316 g/mol. The molecule has 0 amide bonds. The third kappa shape index (κ3) is 4.05. The average Bonchev–Trinajstić information content (AvgIpc) is 3.04. The number of hydrogen-bond acceptors (Lipinski definition) is 5. The quantitative estimate of drug-likeness (QED) is 0.750. The zero-order chi connectivity index (χ0) is 14.7. The van der Waals surface area contributed by atoms with Crippen molar-refractivity contribution in [2.45, 2.75) is 29.2 Å². The van der Waals surface area contributed by atoms with Gasteiger partial charge in [-0.3, -0.25) is 5.43 Å². The molecule has 110 valence electrons. The molecule has 1 saturated heterocycles. The fourth-order valence-electron chi connectivity index (χ4n) is 2.14. The van der Waals surface area contributed by atoms with E-state index in [4.69, 9.17) is 0 Å². The molecule has 1 aromatic heterocycles. The normalized spacial score (nSPS) is 23.6. The molecule has 0 bridgehead atoms. The maximum atomic E-state index is 4.56. The summed E-state index contributed by atoms with van der Waals surface area (Å²) in [6.45, 7) is 4.49. The molecule has 0 radical (unpaired) electrons. The molecule has 1 fully saturated rings. The Kier molecular flexibility index (Phi) is 4.62. The second-order valence-corrected chi connectivity index (χ2v) is 9.29. The summed E-state index contributed by atoms with van der Waals surface area (Å²) in [5.41, 5.74) is 5.55. The predicted molar refractivity (Wildman–Crippen MR) is 97.9 cm³/mol. The summed E-state index contributed by atoms with van der Waals surface area (Å²) in [4.78, 5) is 0. The van der Waals surface area contributed by atoms with Gasteiger partial charge in [0.25, 0.3) is 0 Å². The molecule has 3 rings (SSSR count). The third-order valence-corrected chi connectivity index (χ3v) is 7.22. The summed E-state index contributed by atoms with van der Waals surface area (Å²) in [7, 11) is 0. The van der Waals surface area contributed by atoms with E-state index in [1.54, 1.807) is 0 Å². The van der Waals surface area contributed by atoms with Gasteiger partial charge in [0, 0.05) is 16.9 Å². The Hall–Kier alpha value is -0.910. The van der Waals surface area contributed by atoms with Gasteiger partial charge < -0.3 is 0 Å². The zero-order valence-electron chi connectivity index (χ0n) is 12.1. The van der Waals surface area contributed by atoms with Crippen molar-refractivity contribution in [1.29, 1.82) is 0 Å². The average molecular weight is 335 g/mol. The van der Waals surface area contributed by atoms with Crippen LogP contribution in [0.15, 0.2) is 51.1 Å². The smallest absolute Gasteiger partial charge is 0.0950 e. The highest BCUT2D eigenvalue weighted by Gasteiger charge is 2.35. The van der Waals surface area contributed by atoms with E-state index in [0.29, 0.717) is 0 Å². The van der Waals surface area contributed by atoms with Crippen molar-refractivity contribution in [1.82, 2.24) is 0 Å². The molecule has 2 heterocycles. The maximum absolute atomic E-state index is 4.56. The Bertz CT molecular complexity index is 636. The number of thiophene rings is 1. The number of rotatable bonds is 4. The van der Waals surface area contributed by atoms with Crippen LogP contribution in [0.5, 0.6) is 0 Å². The van der Waals surface area contributed by atoms with Crippen LogP contribution in [0.25, 0.3) is 0 Å². The van der Waals surface area contributed by atoms with Crippen LogP contribution >= 0.6 is 34.9 Å². The van der Waals surface area contributed by atoms with Crippen molar-refractivity contribution >= 4 is 45.6 Å². The second-order valence-electron chi connectivity index (χ2n) is 5.44. The Morgan fingerprint density at radius 2 is 2.10 bits per heavy atom. The Morgan fingerprint density at radius 3 is 2.81 bits per heavy atom. The number of anilines is 1. The van der Waals surface area contributed by atoms with Crippen LogP contribution in [-0.2, 0) is 0 Å². The van der Waals surface area contributed by atoms with Gasteiger partial charge in [0.2, 0.25) is 0 Å². The van der Waals surface area contributed by atoms with E-state index in [1.165, 1.54) is 14.8 Å². The van der Waals surface area contributed by atoms with Crippen LogP contribution in [0.4, 0.5) is 5.69 Å². The van der Waals surface area contributed by atoms with Crippen molar-refractivity contribution in [3.63, 3.8) is 0 Å². The number of para-hydroxylation sites is 1. The van der Waals surface area contributed by atoms with E-state index < -0.39 is 0 Å². The van der Waals surface area contributed by atoms with Gasteiger partial charge in [-0.2, -0.15) is 5.10 Å². The number of aryl methyl sites for hydroxylation is 1. The number of hydrazone groups is 1. The van der Waals surface area contributed by atoms with Gasteiger partial charge in [-0.25, -0.2) is 0 Å². The van der Waals surface area contributed by atoms with E-state index in [2.05, 4.69) is 35.8 Å². The predicted octanol–water partition coefficient (Wildman–Crippen LogP) is 5.47. The first kappa shape index (κ1) is 15.0. The van der Waals surface area contributed by atoms with Gasteiger partial charge >= 0.3 is 0 Å². The number of nitrogens with zero attached hydrogens (tertiary/aromatic N) is 1. The summed E-state index contributed by atoms with van der Waals surface area (Å²) < 4.78 is 1.66. The van der Waals surface area contributed by atoms with E-state index in [0.717, 1.165) is 17.9 Å². The van der Waals surface area contributed by atoms with Gasteiger partial charge in [0.1, 0.15) is 0 Å². The Labute approximate surface area is 138 Å². The molecule has 1 aliphatic heterocycles. The van der Waals surface area contributed by atoms with E-state index in [1.807, 2.05) is 65.2 Å². The number of hydrogen-bond donors (Lipinski definition) is 1. The van der Waals surface area contributed by atoms with Crippen molar-refractivity contribution in [2.75, 3.05) is 11.2 Å². The van der Waals surface area contributed by atoms with E-state index in [9.17, 15) is 0 Å². The van der Waals surface area contributed by atoms with Crippen LogP contribution in [0.2, 0.25) is 0 Å². The molecule has 2 aromatic rings. The van der Waals surface area contributed by atoms with Crippen LogP contribution in [-0.4, -0.2) is 15.5 Å². The fourth-order valence-corrected chi connectivity index (χ4v) is 6.25. The standard InChI is InChI=1S/C16H18N2S3/c1-12-8-15(19-10-12)21-16(2)9-14(20-11-16)18-17-13-6-4-3-5-7-13/h3-8,10,17H,9,11H2,1-2H3/b18-14-. The number of benzene rings is 1. The second kappa shape index (κ2) is 6.46. The summed E-state index contributed by atoms with van der Waals surface area (Å²) in [6, 6.07) is 12.4. The first-order valence-corrected chi connectivity index (χ1v) is 9.56. The maximum Gasteiger partial charge on any atom is 0.0950 e. The minimum Gasteiger partial charge on any atom is -0.278 e. The third-order valence-electron chi connectivity index (χ3n) is 3.21. The minimum atomic E-state index is 0.249. The highest BCUT2D eigenvalue weighted by molar-refractivity contribution is 8.16. The molecule has 1 unspecified atom stereocenters. The molecule has 1 aromatic carbocycles. The van der Waals surface area contributed by atoms with Gasteiger partial charge in [0.05, 0.1) is 14.9 Å². The zero-order valence-corrected chi connectivity index (χ0v) is 14.6. The summed E-state index contributed by atoms with van der Waals surface area (Å²) in [5, 5.41) is 7.97. The molecule has 1 atom stereocenters. The van der Waals surface area contributed by atoms with Crippen molar-refractivity contribution < 1.29 is 0 Å². The van der Waals surface area contributed by atoms with Gasteiger partial charge in [-0.15, -0.1) is 34.9 Å². The number of nitrogens with one attached hydrogen (secondary N) is 1. The highest BCUT2D eigenvalue weighted by atomic mass is 32.2. The lowest BCUT2D eigenvalue weighted by Gasteiger charge is -2.19. The summed E-state index contributed by atoms with van der Waals surface area (Å²) in [5.74, 6) is 1.11. The molecule has 0 aliphatic carbocycles. The van der Waals surface area contributed by atoms with Gasteiger partial charge in [0.15, 0.2) is 0 Å². The first-order valence-electron chi connectivity index (χ1n) is 6.88. The lowest BCUT2D eigenvalue weighted by atomic mass is 10.1. The molecule has 1 aliphatic rings. The van der Waals surface area contributed by atoms with Crippen molar-refractivity contribution in [2.24, 2.45) is 5.10 Å². The molecule has 0 spiro atoms. The molecule has 0 saturated carbocycles. The Balaban J connectivity index is 1.61. The van der Waals surface area contributed by atoms with E-state index in [-0.39, 0.29) is 4.75 Å². The van der Waals surface area contributed by atoms with Gasteiger partial charge in [-0.05, 0) is 43.0 Å². The molecule has 21 heavy (non-hydrogen) atoms. The lowest BCUT2D eigenvalue weighted by molar-refractivity contribution is 0.780. The van der Waals surface area contributed by atoms with Crippen LogP contribution in [0, 0.1) is 6.92 Å². The highest BCUT2D eigenvalue weighted by Crippen LogP contribution is 2.46. The molecule has 1 N–H and O–H groups in total. The first-order chi connectivity index (χ1) is 10.1. The number of thioether (sulfide) groups is 2. The van der Waals surface area contributed by atoms with Crippen molar-refractivity contribution in [3.05, 3.63) is 47.3 Å². The summed E-state index contributed by atoms with van der Waals surface area (Å²) >= 11 is 5.70. The molecule has 2 nitrogen and oxygen atoms in total. The van der Waals surface area contributed by atoms with Crippen LogP contribution < -0.4 is 5.43 Å². The SMILES string of the molecule is Cc1csc(SC2(C)CS/C(=N\Nc3ccccc3)C2)c1. The molecule has 5 heteroatoms. The van der Waals surface area contributed by atoms with E-state index >= 15 is 0 Å². The van der Waals surface area contributed by atoms with Crippen LogP contribution in [0.3, 0.4) is 0 Å². The summed E-state index contributed by atoms with van der Waals surface area (Å²) in [6.07, 6.45) is 1.03.